The SMILES string of the molecule is CCC(C(=O)c1ccc(OCCN(C)C)cc1)c1cccc2ccccc12. The van der Waals surface area contributed by atoms with Gasteiger partial charge in [0.05, 0.1) is 0 Å². The number of carbonyl (C=O) groups excluding carboxylic acids is 1. The van der Waals surface area contributed by atoms with E-state index >= 15 is 0 Å². The molecule has 0 aliphatic rings. The van der Waals surface area contributed by atoms with Crippen molar-refractivity contribution in [2.45, 2.75) is 19.3 Å². The maximum atomic E-state index is 13.2. The zero-order valence-electron chi connectivity index (χ0n) is 16.3. The molecule has 0 aliphatic carbocycles. The number of Topliss-reactive ketones (excluding diaryl/α,β-unsaturated/α-hetero) is 1. The number of hydrogen-bond donors (Lipinski definition) is 0. The molecule has 0 spiro atoms. The van der Waals surface area contributed by atoms with Crippen molar-refractivity contribution in [1.29, 1.82) is 0 Å². The van der Waals surface area contributed by atoms with Crippen LogP contribution in [0.2, 0.25) is 0 Å². The highest BCUT2D eigenvalue weighted by Crippen LogP contribution is 2.31. The third kappa shape index (κ3) is 4.55. The van der Waals surface area contributed by atoms with Gasteiger partial charge < -0.3 is 9.64 Å². The summed E-state index contributed by atoms with van der Waals surface area (Å²) < 4.78 is 5.73. The fraction of sp³-hybridized carbons (Fsp3) is 0.292. The molecule has 3 aromatic carbocycles. The third-order valence-corrected chi connectivity index (χ3v) is 4.87. The summed E-state index contributed by atoms with van der Waals surface area (Å²) in [4.78, 5) is 15.3. The Balaban J connectivity index is 1.80. The third-order valence-electron chi connectivity index (χ3n) is 4.87. The van der Waals surface area contributed by atoms with E-state index in [0.717, 1.165) is 35.2 Å². The van der Waals surface area contributed by atoms with E-state index in [1.54, 1.807) is 0 Å². The molecule has 3 heteroatoms. The second kappa shape index (κ2) is 8.83. The molecular formula is C24H27NO2. The molecule has 0 radical (unpaired) electrons. The summed E-state index contributed by atoms with van der Waals surface area (Å²) in [6.07, 6.45) is 0.772. The van der Waals surface area contributed by atoms with Gasteiger partial charge in [0.25, 0.3) is 0 Å². The predicted octanol–water partition coefficient (Wildman–Crippen LogP) is 5.16. The Labute approximate surface area is 161 Å². The molecule has 1 atom stereocenters. The molecule has 140 valence electrons. The molecule has 27 heavy (non-hydrogen) atoms. The summed E-state index contributed by atoms with van der Waals surface area (Å²) in [7, 11) is 4.03. The fourth-order valence-corrected chi connectivity index (χ4v) is 3.36. The molecule has 0 heterocycles. The van der Waals surface area contributed by atoms with E-state index in [9.17, 15) is 4.79 Å². The van der Waals surface area contributed by atoms with E-state index < -0.39 is 0 Å². The summed E-state index contributed by atoms with van der Waals surface area (Å²) in [6, 6.07) is 22.0. The minimum absolute atomic E-state index is 0.142. The Kier molecular flexibility index (Phi) is 6.25. The zero-order valence-corrected chi connectivity index (χ0v) is 16.3. The quantitative estimate of drug-likeness (QED) is 0.519. The molecular weight excluding hydrogens is 334 g/mol. The lowest BCUT2D eigenvalue weighted by atomic mass is 9.86. The normalized spacial score (nSPS) is 12.3. The van der Waals surface area contributed by atoms with Crippen LogP contribution in [0.3, 0.4) is 0 Å². The lowest BCUT2D eigenvalue weighted by Gasteiger charge is -2.17. The number of rotatable bonds is 8. The molecule has 0 aromatic heterocycles. The van der Waals surface area contributed by atoms with Gasteiger partial charge in [-0.2, -0.15) is 0 Å². The first-order valence-electron chi connectivity index (χ1n) is 9.49. The van der Waals surface area contributed by atoms with E-state index in [-0.39, 0.29) is 11.7 Å². The highest BCUT2D eigenvalue weighted by Gasteiger charge is 2.22. The van der Waals surface area contributed by atoms with Gasteiger partial charge in [-0.05, 0) is 61.1 Å². The van der Waals surface area contributed by atoms with Gasteiger partial charge in [0, 0.05) is 18.0 Å². The first-order chi connectivity index (χ1) is 13.1. The van der Waals surface area contributed by atoms with Gasteiger partial charge in [-0.1, -0.05) is 49.4 Å². The van der Waals surface area contributed by atoms with Crippen LogP contribution in [-0.2, 0) is 0 Å². The largest absolute Gasteiger partial charge is 0.492 e. The number of ether oxygens (including phenoxy) is 1. The van der Waals surface area contributed by atoms with Crippen LogP contribution in [0.5, 0.6) is 5.75 Å². The second-order valence-corrected chi connectivity index (χ2v) is 7.07. The molecule has 0 aliphatic heterocycles. The van der Waals surface area contributed by atoms with E-state index in [4.69, 9.17) is 4.74 Å². The van der Waals surface area contributed by atoms with Crippen molar-refractivity contribution in [3.8, 4) is 5.75 Å². The fourth-order valence-electron chi connectivity index (χ4n) is 3.36. The van der Waals surface area contributed by atoms with Gasteiger partial charge in [0.2, 0.25) is 0 Å². The minimum Gasteiger partial charge on any atom is -0.492 e. The van der Waals surface area contributed by atoms with Crippen LogP contribution in [0.1, 0.15) is 35.2 Å². The van der Waals surface area contributed by atoms with Gasteiger partial charge in [-0.15, -0.1) is 0 Å². The Hall–Kier alpha value is -2.65. The van der Waals surface area contributed by atoms with Crippen LogP contribution in [0.4, 0.5) is 0 Å². The Morgan fingerprint density at radius 2 is 1.67 bits per heavy atom. The Morgan fingerprint density at radius 1 is 0.963 bits per heavy atom. The Bertz CT molecular complexity index is 894. The first-order valence-corrected chi connectivity index (χ1v) is 9.49. The molecule has 3 nitrogen and oxygen atoms in total. The molecule has 3 rings (SSSR count). The molecule has 0 amide bonds. The number of nitrogens with zero attached hydrogens (tertiary/aromatic N) is 1. The zero-order chi connectivity index (χ0) is 19.2. The van der Waals surface area contributed by atoms with Crippen molar-refractivity contribution in [3.63, 3.8) is 0 Å². The van der Waals surface area contributed by atoms with Crippen LogP contribution in [0.15, 0.2) is 66.7 Å². The monoisotopic (exact) mass is 361 g/mol. The van der Waals surface area contributed by atoms with Crippen LogP contribution in [-0.4, -0.2) is 37.9 Å². The second-order valence-electron chi connectivity index (χ2n) is 7.07. The molecule has 0 N–H and O–H groups in total. The van der Waals surface area contributed by atoms with E-state index in [0.29, 0.717) is 6.61 Å². The predicted molar refractivity (Wildman–Crippen MR) is 112 cm³/mol. The number of fused-ring (bicyclic) bond motifs is 1. The van der Waals surface area contributed by atoms with Gasteiger partial charge in [-0.25, -0.2) is 0 Å². The van der Waals surface area contributed by atoms with Gasteiger partial charge in [-0.3, -0.25) is 4.79 Å². The van der Waals surface area contributed by atoms with Crippen molar-refractivity contribution in [3.05, 3.63) is 77.9 Å². The molecule has 1 unspecified atom stereocenters. The van der Waals surface area contributed by atoms with Crippen LogP contribution in [0, 0.1) is 0 Å². The van der Waals surface area contributed by atoms with Crippen LogP contribution >= 0.6 is 0 Å². The summed E-state index contributed by atoms with van der Waals surface area (Å²) >= 11 is 0. The van der Waals surface area contributed by atoms with Crippen LogP contribution in [0.25, 0.3) is 10.8 Å². The summed E-state index contributed by atoms with van der Waals surface area (Å²) in [5.41, 5.74) is 1.83. The van der Waals surface area contributed by atoms with Crippen molar-refractivity contribution >= 4 is 16.6 Å². The lowest BCUT2D eigenvalue weighted by molar-refractivity contribution is 0.0958. The number of benzene rings is 3. The lowest BCUT2D eigenvalue weighted by Crippen LogP contribution is -2.19. The maximum absolute atomic E-state index is 13.2. The van der Waals surface area contributed by atoms with E-state index in [1.165, 1.54) is 5.39 Å². The topological polar surface area (TPSA) is 29.5 Å². The van der Waals surface area contributed by atoms with E-state index in [2.05, 4.69) is 36.1 Å². The number of ketones is 1. The highest BCUT2D eigenvalue weighted by atomic mass is 16.5. The van der Waals surface area contributed by atoms with E-state index in [1.807, 2.05) is 56.6 Å². The average Bonchev–Trinajstić information content (AvgIpc) is 2.69. The molecule has 0 saturated carbocycles. The number of hydrogen-bond acceptors (Lipinski definition) is 3. The van der Waals surface area contributed by atoms with Crippen LogP contribution < -0.4 is 4.74 Å². The molecule has 3 aromatic rings. The standard InChI is InChI=1S/C24H27NO2/c1-4-21(23-11-7-9-18-8-5-6-10-22(18)23)24(26)19-12-14-20(15-13-19)27-17-16-25(2)3/h5-15,21H,4,16-17H2,1-3H3. The summed E-state index contributed by atoms with van der Waals surface area (Å²) in [5.74, 6) is 0.817. The molecule has 0 bridgehead atoms. The Morgan fingerprint density at radius 3 is 2.37 bits per heavy atom. The smallest absolute Gasteiger partial charge is 0.170 e. The number of likely N-dealkylation sites (N-methyl/N-ethyl adjacent to an activating group) is 1. The summed E-state index contributed by atoms with van der Waals surface area (Å²) in [5, 5.41) is 2.33. The van der Waals surface area contributed by atoms with Gasteiger partial charge >= 0.3 is 0 Å². The number of carbonyl (C=O) groups is 1. The van der Waals surface area contributed by atoms with Crippen molar-refractivity contribution in [2.75, 3.05) is 27.2 Å². The maximum Gasteiger partial charge on any atom is 0.170 e. The van der Waals surface area contributed by atoms with Crippen molar-refractivity contribution in [2.24, 2.45) is 0 Å². The average molecular weight is 361 g/mol. The first kappa shape index (κ1) is 19.1. The summed E-state index contributed by atoms with van der Waals surface area (Å²) in [6.45, 7) is 3.57. The van der Waals surface area contributed by atoms with Crippen molar-refractivity contribution < 1.29 is 9.53 Å². The highest BCUT2D eigenvalue weighted by molar-refractivity contribution is 6.03. The van der Waals surface area contributed by atoms with Gasteiger partial charge in [0.1, 0.15) is 12.4 Å². The van der Waals surface area contributed by atoms with Crippen molar-refractivity contribution in [1.82, 2.24) is 4.90 Å². The van der Waals surface area contributed by atoms with Gasteiger partial charge in [0.15, 0.2) is 5.78 Å². The molecule has 0 fully saturated rings. The minimum atomic E-state index is -0.142. The molecule has 0 saturated heterocycles.